The summed E-state index contributed by atoms with van der Waals surface area (Å²) in [5.41, 5.74) is 0. The van der Waals surface area contributed by atoms with E-state index in [2.05, 4.69) is 23.3 Å². The fraction of sp³-hybridized carbons (Fsp3) is 0. The number of rotatable bonds is 0. The third-order valence-corrected chi connectivity index (χ3v) is 0. The van der Waals surface area contributed by atoms with Crippen molar-refractivity contribution in [3.05, 3.63) is 0 Å². The third-order valence-electron chi connectivity index (χ3n) is 0. The molecule has 0 saturated carbocycles. The van der Waals surface area contributed by atoms with Gasteiger partial charge in [0, 0.05) is 0 Å². The van der Waals surface area contributed by atoms with Gasteiger partial charge in [0.15, 0.2) is 0 Å². The topological polar surface area (TPSA) is 91.7 Å². The first-order valence-corrected chi connectivity index (χ1v) is 6.24. The molecule has 0 radical (unpaired) electrons. The van der Waals surface area contributed by atoms with Crippen molar-refractivity contribution in [1.29, 1.82) is 0 Å². The second-order valence-corrected chi connectivity index (χ2v) is 5.23. The summed E-state index contributed by atoms with van der Waals surface area (Å²) in [6.45, 7) is 0. The van der Waals surface area contributed by atoms with Gasteiger partial charge in [0.25, 0.3) is 0 Å². The minimum atomic E-state index is -4.67. The largest absolute Gasteiger partial charge is 1.00 e. The van der Waals surface area contributed by atoms with Crippen LogP contribution in [0.25, 0.3) is 0 Å². The van der Waals surface area contributed by atoms with E-state index >= 15 is 0 Å². The van der Waals surface area contributed by atoms with Crippen LogP contribution >= 0.6 is 23.3 Å². The zero-order valence-electron chi connectivity index (χ0n) is 4.87. The molecule has 0 aromatic heterocycles. The molecule has 0 saturated heterocycles. The van der Waals surface area contributed by atoms with Crippen molar-refractivity contribution in [2.45, 2.75) is 0 Å². The van der Waals surface area contributed by atoms with E-state index in [4.69, 9.17) is 17.5 Å². The monoisotopic (exact) mass is 252 g/mol. The molecule has 10 heteroatoms. The van der Waals surface area contributed by atoms with Crippen LogP contribution in [0.1, 0.15) is 0 Å². The Morgan fingerprint density at radius 3 is 1.20 bits per heavy atom. The van der Waals surface area contributed by atoms with E-state index in [1.807, 2.05) is 0 Å². The maximum absolute atomic E-state index is 9.32. The molecule has 0 heterocycles. The molecule has 0 aliphatic rings. The van der Waals surface area contributed by atoms with E-state index in [1.165, 1.54) is 0 Å². The molecule has 0 aromatic rings. The predicted molar refractivity (Wildman–Crippen MR) is 41.6 cm³/mol. The molecule has 0 fully saturated rings. The standard InChI is InChI=1S/K.H2O4S.H3OS3/c;1-5(2,3)4;1-4(2)3/h;(H2,1,2,3,4);4H,(H2,1,2,3)/q+1;;-1. The molecule has 5 nitrogen and oxygen atoms in total. The van der Waals surface area contributed by atoms with Gasteiger partial charge in [0.2, 0.25) is 0 Å². The Balaban J connectivity index is -0.0000000910. The van der Waals surface area contributed by atoms with Gasteiger partial charge in [-0.2, -0.15) is 17.3 Å². The molecule has 0 aromatic carbocycles. The van der Waals surface area contributed by atoms with E-state index in [-0.39, 0.29) is 51.4 Å². The first-order valence-electron chi connectivity index (χ1n) is 1.28. The fourth-order valence-corrected chi connectivity index (χ4v) is 0. The predicted octanol–water partition coefficient (Wildman–Crippen LogP) is -3.28. The van der Waals surface area contributed by atoms with Crippen molar-refractivity contribution in [1.82, 2.24) is 0 Å². The van der Waals surface area contributed by atoms with Crippen LogP contribution in [0.4, 0.5) is 0 Å². The SMILES string of the molecule is O=S(=O)(O)O.O=[SH-](S)S.[K+]. The average molecular weight is 252 g/mol. The summed E-state index contributed by atoms with van der Waals surface area (Å²) in [6.07, 6.45) is 0. The van der Waals surface area contributed by atoms with Gasteiger partial charge in [-0.25, -0.2) is 23.3 Å². The van der Waals surface area contributed by atoms with Crippen LogP contribution in [0, 0.1) is 0 Å². The average Bonchev–Trinajstić information content (AvgIpc) is 1.19. The quantitative estimate of drug-likeness (QED) is 0.119. The van der Waals surface area contributed by atoms with Gasteiger partial charge in [0.05, 0.1) is 0 Å². The minimum absolute atomic E-state index is 0. The summed E-state index contributed by atoms with van der Waals surface area (Å²) in [5.74, 6) is 0. The summed E-state index contributed by atoms with van der Waals surface area (Å²) in [4.78, 5) is 0. The van der Waals surface area contributed by atoms with Crippen molar-refractivity contribution in [2.75, 3.05) is 0 Å². The summed E-state index contributed by atoms with van der Waals surface area (Å²) in [7, 11) is -6.15. The molecule has 0 aliphatic carbocycles. The van der Waals surface area contributed by atoms with E-state index in [1.54, 1.807) is 0 Å². The van der Waals surface area contributed by atoms with Gasteiger partial charge in [0.1, 0.15) is 0 Å². The molecular weight excluding hydrogens is 247 g/mol. The Morgan fingerprint density at radius 2 is 1.20 bits per heavy atom. The molecule has 0 amide bonds. The molecule has 2 N–H and O–H groups in total. The van der Waals surface area contributed by atoms with Crippen LogP contribution in [-0.2, 0) is 23.5 Å². The molecular formula is H5KO5S4. The van der Waals surface area contributed by atoms with Crippen molar-refractivity contribution in [3.8, 4) is 0 Å². The van der Waals surface area contributed by atoms with Gasteiger partial charge < -0.3 is 4.21 Å². The van der Waals surface area contributed by atoms with Gasteiger partial charge >= 0.3 is 61.8 Å². The molecule has 10 heavy (non-hydrogen) atoms. The van der Waals surface area contributed by atoms with Crippen LogP contribution < -0.4 is 51.4 Å². The minimum Gasteiger partial charge on any atom is -0.432 e. The molecule has 0 bridgehead atoms. The first kappa shape index (κ1) is 18.2. The third kappa shape index (κ3) is 163. The normalized spacial score (nSPS) is 10.2. The summed E-state index contributed by atoms with van der Waals surface area (Å²) >= 11 is 6.68. The number of hydrogen-bond acceptors (Lipinski definition) is 4. The summed E-state index contributed by atoms with van der Waals surface area (Å²) < 4.78 is 40.9. The van der Waals surface area contributed by atoms with Crippen molar-refractivity contribution < 1.29 is 73.1 Å². The molecule has 0 atom stereocenters. The zero-order chi connectivity index (χ0) is 8.08. The molecule has 0 aliphatic heterocycles. The maximum atomic E-state index is 9.32. The second kappa shape index (κ2) is 9.44. The molecule has 0 spiro atoms. The van der Waals surface area contributed by atoms with Crippen molar-refractivity contribution >= 4 is 42.6 Å². The Kier molecular flexibility index (Phi) is 17.2. The van der Waals surface area contributed by atoms with Gasteiger partial charge in [-0.15, -0.1) is 0 Å². The van der Waals surface area contributed by atoms with Crippen LogP contribution in [0.2, 0.25) is 0 Å². The van der Waals surface area contributed by atoms with Crippen LogP contribution in [0.5, 0.6) is 0 Å². The van der Waals surface area contributed by atoms with Gasteiger partial charge in [-0.3, -0.25) is 9.11 Å². The van der Waals surface area contributed by atoms with Crippen LogP contribution in [-0.4, -0.2) is 17.5 Å². The molecule has 0 unspecified atom stereocenters. The number of thiol groups is 3. The Morgan fingerprint density at radius 1 is 1.20 bits per heavy atom. The Hall–Kier alpha value is 2.36. The summed E-state index contributed by atoms with van der Waals surface area (Å²) in [6, 6.07) is 0. The smallest absolute Gasteiger partial charge is 0.432 e. The first-order chi connectivity index (χ1) is 3.73. The zero-order valence-corrected chi connectivity index (χ0v) is 11.5. The molecule has 0 rings (SSSR count). The van der Waals surface area contributed by atoms with E-state index in [0.717, 1.165) is 0 Å². The second-order valence-electron chi connectivity index (χ2n) is 0.701. The maximum Gasteiger partial charge on any atom is 1.00 e. The van der Waals surface area contributed by atoms with Crippen LogP contribution in [0.3, 0.4) is 0 Å². The number of hydrogen-bond donors (Lipinski definition) is 4. The Labute approximate surface area is 113 Å². The van der Waals surface area contributed by atoms with Crippen molar-refractivity contribution in [2.24, 2.45) is 0 Å². The van der Waals surface area contributed by atoms with Crippen molar-refractivity contribution in [3.63, 3.8) is 0 Å². The van der Waals surface area contributed by atoms with Crippen LogP contribution in [0.15, 0.2) is 0 Å². The van der Waals surface area contributed by atoms with E-state index in [9.17, 15) is 4.21 Å². The van der Waals surface area contributed by atoms with Gasteiger partial charge in [-0.05, 0) is 0 Å². The molecule has 60 valence electrons. The van der Waals surface area contributed by atoms with E-state index < -0.39 is 19.3 Å². The Bertz CT molecular complexity index is 156. The summed E-state index contributed by atoms with van der Waals surface area (Å²) in [5, 5.41) is 0. The fourth-order valence-electron chi connectivity index (χ4n) is 0. The van der Waals surface area contributed by atoms with Gasteiger partial charge in [-0.1, -0.05) is 0 Å². The van der Waals surface area contributed by atoms with E-state index in [0.29, 0.717) is 0 Å².